The van der Waals surface area contributed by atoms with Crippen LogP contribution in [-0.2, 0) is 19.0 Å². The largest absolute Gasteiger partial charge is 0.382 e. The summed E-state index contributed by atoms with van der Waals surface area (Å²) in [6.45, 7) is 0.391. The van der Waals surface area contributed by atoms with Crippen molar-refractivity contribution in [1.29, 1.82) is 0 Å². The van der Waals surface area contributed by atoms with Gasteiger partial charge in [-0.1, -0.05) is 0 Å². The molecule has 0 spiro atoms. The van der Waals surface area contributed by atoms with Crippen LogP contribution >= 0.6 is 0 Å². The molecule has 0 amide bonds. The van der Waals surface area contributed by atoms with Crippen molar-refractivity contribution >= 4 is 10.1 Å². The molecule has 3 N–H and O–H groups in total. The first kappa shape index (κ1) is 12.5. The third-order valence-electron chi connectivity index (χ3n) is 0.585. The molecule has 0 fully saturated rings. The summed E-state index contributed by atoms with van der Waals surface area (Å²) in [5, 5.41) is 0. The number of ether oxygens (including phenoxy) is 1. The van der Waals surface area contributed by atoms with Crippen LogP contribution in [0, 0.1) is 0 Å². The van der Waals surface area contributed by atoms with Gasteiger partial charge in [0.2, 0.25) is 0 Å². The highest BCUT2D eigenvalue weighted by Gasteiger charge is 1.98. The number of hydrogen-bond donors (Lipinski definition) is 1. The summed E-state index contributed by atoms with van der Waals surface area (Å²) >= 11 is 0. The molecule has 0 aromatic carbocycles. The molecule has 0 rings (SSSR count). The first-order chi connectivity index (χ1) is 4.06. The monoisotopic (exact) mass is 171 g/mol. The average molecular weight is 171 g/mol. The van der Waals surface area contributed by atoms with Gasteiger partial charge in [-0.3, -0.25) is 4.18 Å². The standard InChI is InChI=1S/C4H10O4S.H3N/c1-7-3-4-8-9(2,5)6;/h3-4H2,1-2H3;1H3. The molecule has 0 aliphatic heterocycles. The number of hydrogen-bond acceptors (Lipinski definition) is 5. The number of methoxy groups -OCH3 is 1. The maximum absolute atomic E-state index is 10.2. The lowest BCUT2D eigenvalue weighted by atomic mass is 10.8. The minimum absolute atomic E-state index is 0. The molecule has 0 aromatic heterocycles. The smallest absolute Gasteiger partial charge is 0.264 e. The Bertz CT molecular complexity index is 153. The van der Waals surface area contributed by atoms with Crippen LogP contribution in [-0.4, -0.2) is 35.0 Å². The zero-order valence-corrected chi connectivity index (χ0v) is 6.98. The Morgan fingerprint density at radius 3 is 2.10 bits per heavy atom. The minimum Gasteiger partial charge on any atom is -0.382 e. The predicted octanol–water partition coefficient (Wildman–Crippen LogP) is -0.229. The van der Waals surface area contributed by atoms with E-state index in [-0.39, 0.29) is 12.8 Å². The Morgan fingerprint density at radius 1 is 1.30 bits per heavy atom. The third kappa shape index (κ3) is 10.7. The van der Waals surface area contributed by atoms with E-state index in [1.54, 1.807) is 0 Å². The van der Waals surface area contributed by atoms with Gasteiger partial charge in [-0.15, -0.1) is 0 Å². The Kier molecular flexibility index (Phi) is 7.00. The van der Waals surface area contributed by atoms with Gasteiger partial charge in [0.05, 0.1) is 19.5 Å². The highest BCUT2D eigenvalue weighted by molar-refractivity contribution is 7.85. The maximum atomic E-state index is 10.2. The van der Waals surface area contributed by atoms with Crippen molar-refractivity contribution in [3.8, 4) is 0 Å². The second kappa shape index (κ2) is 5.60. The summed E-state index contributed by atoms with van der Waals surface area (Å²) in [6, 6.07) is 0. The Balaban J connectivity index is 0. The van der Waals surface area contributed by atoms with Gasteiger partial charge < -0.3 is 10.9 Å². The lowest BCUT2D eigenvalue weighted by Crippen LogP contribution is -2.07. The first-order valence-electron chi connectivity index (χ1n) is 2.39. The Labute approximate surface area is 61.0 Å². The van der Waals surface area contributed by atoms with E-state index in [0.29, 0.717) is 6.61 Å². The predicted molar refractivity (Wildman–Crippen MR) is 37.7 cm³/mol. The van der Waals surface area contributed by atoms with Gasteiger partial charge in [0.1, 0.15) is 0 Å². The van der Waals surface area contributed by atoms with E-state index in [9.17, 15) is 8.42 Å². The fraction of sp³-hybridized carbons (Fsp3) is 1.00. The van der Waals surface area contributed by atoms with Crippen LogP contribution in [0.5, 0.6) is 0 Å². The van der Waals surface area contributed by atoms with Crippen LogP contribution in [0.25, 0.3) is 0 Å². The molecule has 0 unspecified atom stereocenters. The van der Waals surface area contributed by atoms with Gasteiger partial charge in [-0.25, -0.2) is 0 Å². The van der Waals surface area contributed by atoms with Gasteiger partial charge in [-0.2, -0.15) is 8.42 Å². The molecule has 64 valence electrons. The zero-order valence-electron chi connectivity index (χ0n) is 6.16. The van der Waals surface area contributed by atoms with Crippen LogP contribution in [0.3, 0.4) is 0 Å². The van der Waals surface area contributed by atoms with Crippen LogP contribution in [0.4, 0.5) is 0 Å². The third-order valence-corrected chi connectivity index (χ3v) is 1.18. The van der Waals surface area contributed by atoms with E-state index < -0.39 is 10.1 Å². The van der Waals surface area contributed by atoms with E-state index in [2.05, 4.69) is 8.92 Å². The molecule has 0 aliphatic carbocycles. The summed E-state index contributed by atoms with van der Waals surface area (Å²) in [7, 11) is -1.80. The molecule has 0 atom stereocenters. The van der Waals surface area contributed by atoms with Gasteiger partial charge in [0.15, 0.2) is 0 Å². The topological polar surface area (TPSA) is 87.6 Å². The lowest BCUT2D eigenvalue weighted by Gasteiger charge is -1.97. The van der Waals surface area contributed by atoms with Gasteiger partial charge >= 0.3 is 0 Å². The number of rotatable bonds is 4. The molecular formula is C4H13NO4S. The van der Waals surface area contributed by atoms with Gasteiger partial charge in [0.25, 0.3) is 10.1 Å². The second-order valence-corrected chi connectivity index (χ2v) is 3.16. The second-order valence-electron chi connectivity index (χ2n) is 1.52. The molecule has 0 aliphatic rings. The minimum atomic E-state index is -3.28. The average Bonchev–Trinajstić information content (AvgIpc) is 1.63. The van der Waals surface area contributed by atoms with E-state index in [1.165, 1.54) is 7.11 Å². The molecule has 0 saturated carbocycles. The molecule has 0 saturated heterocycles. The van der Waals surface area contributed by atoms with E-state index >= 15 is 0 Å². The van der Waals surface area contributed by atoms with Crippen molar-refractivity contribution in [3.05, 3.63) is 0 Å². The molecule has 0 radical (unpaired) electrons. The highest BCUT2D eigenvalue weighted by atomic mass is 32.2. The van der Waals surface area contributed by atoms with Gasteiger partial charge in [-0.05, 0) is 0 Å². The normalized spacial score (nSPS) is 10.6. The van der Waals surface area contributed by atoms with Crippen molar-refractivity contribution in [3.63, 3.8) is 0 Å². The first-order valence-corrected chi connectivity index (χ1v) is 4.21. The van der Waals surface area contributed by atoms with Crippen molar-refractivity contribution in [1.82, 2.24) is 6.15 Å². The molecule has 10 heavy (non-hydrogen) atoms. The molecule has 6 heteroatoms. The Hall–Kier alpha value is -0.170. The Morgan fingerprint density at radius 2 is 1.80 bits per heavy atom. The quantitative estimate of drug-likeness (QED) is 0.466. The van der Waals surface area contributed by atoms with Crippen LogP contribution in [0.1, 0.15) is 0 Å². The maximum Gasteiger partial charge on any atom is 0.264 e. The summed E-state index contributed by atoms with van der Waals surface area (Å²) in [6.07, 6.45) is 1.00. The lowest BCUT2D eigenvalue weighted by molar-refractivity contribution is 0.150. The summed E-state index contributed by atoms with van der Waals surface area (Å²) in [5.41, 5.74) is 0. The molecular weight excluding hydrogens is 158 g/mol. The van der Waals surface area contributed by atoms with Crippen molar-refractivity contribution in [2.75, 3.05) is 26.6 Å². The van der Waals surface area contributed by atoms with Crippen LogP contribution in [0.15, 0.2) is 0 Å². The molecule has 0 bridgehead atoms. The van der Waals surface area contributed by atoms with E-state index in [4.69, 9.17) is 0 Å². The SMILES string of the molecule is COCCOS(C)(=O)=O.N. The zero-order chi connectivity index (χ0) is 7.33. The van der Waals surface area contributed by atoms with E-state index in [0.717, 1.165) is 6.26 Å². The summed E-state index contributed by atoms with van der Waals surface area (Å²) in [5.74, 6) is 0. The van der Waals surface area contributed by atoms with Crippen molar-refractivity contribution in [2.45, 2.75) is 0 Å². The van der Waals surface area contributed by atoms with Crippen molar-refractivity contribution < 1.29 is 17.3 Å². The van der Waals surface area contributed by atoms with E-state index in [1.807, 2.05) is 0 Å². The van der Waals surface area contributed by atoms with Crippen molar-refractivity contribution in [2.24, 2.45) is 0 Å². The molecule has 0 aromatic rings. The fourth-order valence-electron chi connectivity index (χ4n) is 0.269. The van der Waals surface area contributed by atoms with Crippen LogP contribution < -0.4 is 6.15 Å². The summed E-state index contributed by atoms with van der Waals surface area (Å²) < 4.78 is 29.3. The molecule has 5 nitrogen and oxygen atoms in total. The van der Waals surface area contributed by atoms with Gasteiger partial charge in [0, 0.05) is 7.11 Å². The highest BCUT2D eigenvalue weighted by Crippen LogP contribution is 1.84. The fourth-order valence-corrected chi connectivity index (χ4v) is 0.640. The molecule has 0 heterocycles. The van der Waals surface area contributed by atoms with Crippen LogP contribution in [0.2, 0.25) is 0 Å². The summed E-state index contributed by atoms with van der Waals surface area (Å²) in [4.78, 5) is 0.